The van der Waals surface area contributed by atoms with E-state index >= 15 is 0 Å². The normalized spacial score (nSPS) is 13.7. The first-order valence-electron chi connectivity index (χ1n) is 12.0. The number of carbonyl (C=O) groups is 2. The van der Waals surface area contributed by atoms with Crippen molar-refractivity contribution in [3.05, 3.63) is 48.0 Å². The standard InChI is InChI=1S/C26H37N5O3/c1-5-29(6-2)14-13-27-26(33)22-19-21(28-20(3)32)11-12-23(22)30-15-17-31(18-16-30)24-9-7-8-10-25(24)34-4/h7-12,19H,5-6,13-18H2,1-4H3,(H,27,33)(H,28,32). The van der Waals surface area contributed by atoms with Crippen molar-refractivity contribution in [1.29, 1.82) is 0 Å². The lowest BCUT2D eigenvalue weighted by atomic mass is 10.1. The van der Waals surface area contributed by atoms with E-state index in [1.165, 1.54) is 6.92 Å². The van der Waals surface area contributed by atoms with E-state index in [-0.39, 0.29) is 11.8 Å². The molecule has 34 heavy (non-hydrogen) atoms. The second kappa shape index (κ2) is 12.3. The van der Waals surface area contributed by atoms with E-state index in [0.717, 1.165) is 62.9 Å². The van der Waals surface area contributed by atoms with Gasteiger partial charge in [-0.05, 0) is 43.4 Å². The minimum absolute atomic E-state index is 0.124. The van der Waals surface area contributed by atoms with Gasteiger partial charge in [0.1, 0.15) is 5.75 Å². The molecule has 2 aromatic carbocycles. The summed E-state index contributed by atoms with van der Waals surface area (Å²) in [5, 5.41) is 5.86. The van der Waals surface area contributed by atoms with Gasteiger partial charge in [0.15, 0.2) is 0 Å². The summed E-state index contributed by atoms with van der Waals surface area (Å²) in [6, 6.07) is 13.6. The van der Waals surface area contributed by atoms with Crippen molar-refractivity contribution in [3.8, 4) is 5.75 Å². The summed E-state index contributed by atoms with van der Waals surface area (Å²) < 4.78 is 5.53. The summed E-state index contributed by atoms with van der Waals surface area (Å²) in [4.78, 5) is 31.6. The second-order valence-corrected chi connectivity index (χ2v) is 8.34. The van der Waals surface area contributed by atoms with Crippen LogP contribution < -0.4 is 25.2 Å². The van der Waals surface area contributed by atoms with E-state index in [4.69, 9.17) is 4.74 Å². The number of hydrogen-bond donors (Lipinski definition) is 2. The summed E-state index contributed by atoms with van der Waals surface area (Å²) in [5.74, 6) is 0.580. The summed E-state index contributed by atoms with van der Waals surface area (Å²) >= 11 is 0. The third-order valence-electron chi connectivity index (χ3n) is 6.22. The van der Waals surface area contributed by atoms with Crippen molar-refractivity contribution in [1.82, 2.24) is 10.2 Å². The van der Waals surface area contributed by atoms with Crippen LogP contribution in [0.2, 0.25) is 0 Å². The molecular formula is C26H37N5O3. The van der Waals surface area contributed by atoms with Crippen LogP contribution in [0.25, 0.3) is 0 Å². The van der Waals surface area contributed by atoms with Crippen molar-refractivity contribution in [2.45, 2.75) is 20.8 Å². The summed E-state index contributed by atoms with van der Waals surface area (Å²) in [7, 11) is 1.69. The zero-order valence-corrected chi connectivity index (χ0v) is 20.8. The number of benzene rings is 2. The number of methoxy groups -OCH3 is 1. The fourth-order valence-corrected chi connectivity index (χ4v) is 4.32. The molecule has 0 saturated carbocycles. The van der Waals surface area contributed by atoms with Gasteiger partial charge in [0.25, 0.3) is 5.91 Å². The quantitative estimate of drug-likeness (QED) is 0.559. The number of likely N-dealkylation sites (N-methyl/N-ethyl adjacent to an activating group) is 1. The van der Waals surface area contributed by atoms with Gasteiger partial charge in [-0.15, -0.1) is 0 Å². The number of nitrogens with zero attached hydrogens (tertiary/aromatic N) is 3. The number of hydrogen-bond acceptors (Lipinski definition) is 6. The number of rotatable bonds is 10. The average Bonchev–Trinajstić information content (AvgIpc) is 2.86. The monoisotopic (exact) mass is 467 g/mol. The molecule has 1 heterocycles. The van der Waals surface area contributed by atoms with Crippen LogP contribution in [0.15, 0.2) is 42.5 Å². The van der Waals surface area contributed by atoms with Gasteiger partial charge in [-0.2, -0.15) is 0 Å². The van der Waals surface area contributed by atoms with E-state index in [0.29, 0.717) is 17.8 Å². The van der Waals surface area contributed by atoms with Crippen LogP contribution in [0.4, 0.5) is 17.1 Å². The Morgan fingerprint density at radius 1 is 0.971 bits per heavy atom. The molecule has 2 aromatic rings. The first-order chi connectivity index (χ1) is 16.5. The highest BCUT2D eigenvalue weighted by atomic mass is 16.5. The molecule has 0 aromatic heterocycles. The summed E-state index contributed by atoms with van der Waals surface area (Å²) in [6.45, 7) is 12.2. The first-order valence-corrected chi connectivity index (χ1v) is 12.0. The Morgan fingerprint density at radius 2 is 1.62 bits per heavy atom. The Morgan fingerprint density at radius 3 is 2.24 bits per heavy atom. The lowest BCUT2D eigenvalue weighted by Gasteiger charge is -2.38. The van der Waals surface area contributed by atoms with Crippen LogP contribution in [0, 0.1) is 0 Å². The van der Waals surface area contributed by atoms with Gasteiger partial charge in [-0.25, -0.2) is 0 Å². The Bertz CT molecular complexity index is 969. The van der Waals surface area contributed by atoms with Crippen molar-refractivity contribution in [3.63, 3.8) is 0 Å². The average molecular weight is 468 g/mol. The number of para-hydroxylation sites is 2. The third-order valence-corrected chi connectivity index (χ3v) is 6.22. The number of amides is 2. The van der Waals surface area contributed by atoms with Crippen LogP contribution in [0.1, 0.15) is 31.1 Å². The number of carbonyl (C=O) groups excluding carboxylic acids is 2. The van der Waals surface area contributed by atoms with Crippen LogP contribution in [-0.4, -0.2) is 76.2 Å². The van der Waals surface area contributed by atoms with E-state index in [2.05, 4.69) is 45.2 Å². The highest BCUT2D eigenvalue weighted by molar-refractivity contribution is 6.02. The van der Waals surface area contributed by atoms with Crippen molar-refractivity contribution >= 4 is 28.9 Å². The number of anilines is 3. The maximum Gasteiger partial charge on any atom is 0.253 e. The molecule has 8 nitrogen and oxygen atoms in total. The third kappa shape index (κ3) is 6.41. The molecule has 0 spiro atoms. The topological polar surface area (TPSA) is 77.2 Å². The summed E-state index contributed by atoms with van der Waals surface area (Å²) in [5.41, 5.74) is 3.17. The van der Waals surface area contributed by atoms with Crippen LogP contribution in [0.5, 0.6) is 5.75 Å². The molecule has 0 atom stereocenters. The molecule has 1 fully saturated rings. The zero-order chi connectivity index (χ0) is 24.5. The van der Waals surface area contributed by atoms with Crippen LogP contribution >= 0.6 is 0 Å². The van der Waals surface area contributed by atoms with Crippen LogP contribution in [0.3, 0.4) is 0 Å². The van der Waals surface area contributed by atoms with E-state index in [9.17, 15) is 9.59 Å². The van der Waals surface area contributed by atoms with Crippen molar-refractivity contribution in [2.75, 3.05) is 74.6 Å². The maximum atomic E-state index is 13.2. The molecule has 2 amide bonds. The van der Waals surface area contributed by atoms with Crippen molar-refractivity contribution in [2.24, 2.45) is 0 Å². The number of ether oxygens (including phenoxy) is 1. The molecular weight excluding hydrogens is 430 g/mol. The minimum Gasteiger partial charge on any atom is -0.495 e. The lowest BCUT2D eigenvalue weighted by Crippen LogP contribution is -2.47. The van der Waals surface area contributed by atoms with Crippen LogP contribution in [-0.2, 0) is 4.79 Å². The predicted octanol–water partition coefficient (Wildman–Crippen LogP) is 3.05. The molecule has 1 aliphatic rings. The highest BCUT2D eigenvalue weighted by Crippen LogP contribution is 2.31. The molecule has 0 bridgehead atoms. The Kier molecular flexibility index (Phi) is 9.16. The number of nitrogens with one attached hydrogen (secondary N) is 2. The predicted molar refractivity (Wildman–Crippen MR) is 138 cm³/mol. The van der Waals surface area contributed by atoms with Gasteiger partial charge in [0.2, 0.25) is 5.91 Å². The van der Waals surface area contributed by atoms with E-state index in [1.807, 2.05) is 30.3 Å². The van der Waals surface area contributed by atoms with Crippen molar-refractivity contribution < 1.29 is 14.3 Å². The molecule has 2 N–H and O–H groups in total. The Balaban J connectivity index is 1.75. The smallest absolute Gasteiger partial charge is 0.253 e. The first kappa shape index (κ1) is 25.4. The van der Waals surface area contributed by atoms with E-state index in [1.54, 1.807) is 13.2 Å². The largest absolute Gasteiger partial charge is 0.495 e. The fraction of sp³-hybridized carbons (Fsp3) is 0.462. The molecule has 184 valence electrons. The molecule has 3 rings (SSSR count). The number of piperazine rings is 1. The van der Waals surface area contributed by atoms with Gasteiger partial charge in [-0.1, -0.05) is 26.0 Å². The van der Waals surface area contributed by atoms with Gasteiger partial charge in [0, 0.05) is 57.6 Å². The molecule has 0 aliphatic carbocycles. The molecule has 0 radical (unpaired) electrons. The zero-order valence-electron chi connectivity index (χ0n) is 20.8. The second-order valence-electron chi connectivity index (χ2n) is 8.34. The lowest BCUT2D eigenvalue weighted by molar-refractivity contribution is -0.114. The summed E-state index contributed by atoms with van der Waals surface area (Å²) in [6.07, 6.45) is 0. The SMILES string of the molecule is CCN(CC)CCNC(=O)c1cc(NC(C)=O)ccc1N1CCN(c2ccccc2OC)CC1. The van der Waals surface area contributed by atoms with Gasteiger partial charge < -0.3 is 30.1 Å². The Labute approximate surface area is 202 Å². The fourth-order valence-electron chi connectivity index (χ4n) is 4.32. The minimum atomic E-state index is -0.161. The molecule has 1 aliphatic heterocycles. The van der Waals surface area contributed by atoms with Gasteiger partial charge >= 0.3 is 0 Å². The highest BCUT2D eigenvalue weighted by Gasteiger charge is 2.23. The van der Waals surface area contributed by atoms with Gasteiger partial charge in [-0.3, -0.25) is 9.59 Å². The molecule has 0 unspecified atom stereocenters. The van der Waals surface area contributed by atoms with E-state index < -0.39 is 0 Å². The Hall–Kier alpha value is -3.26. The maximum absolute atomic E-state index is 13.2. The van der Waals surface area contributed by atoms with Gasteiger partial charge in [0.05, 0.1) is 18.4 Å². The molecule has 8 heteroatoms. The molecule has 1 saturated heterocycles.